The third kappa shape index (κ3) is 1.82. The molecule has 0 bridgehead atoms. The van der Waals surface area contributed by atoms with Gasteiger partial charge in [0.25, 0.3) is 0 Å². The van der Waals surface area contributed by atoms with Crippen LogP contribution in [0.1, 0.15) is 19.3 Å². The van der Waals surface area contributed by atoms with Crippen molar-refractivity contribution < 1.29 is 8.42 Å². The van der Waals surface area contributed by atoms with Crippen LogP contribution in [0.5, 0.6) is 0 Å². The Balaban J connectivity index is 2.11. The largest absolute Gasteiger partial charge is 0.354 e. The van der Waals surface area contributed by atoms with Gasteiger partial charge >= 0.3 is 0 Å². The summed E-state index contributed by atoms with van der Waals surface area (Å²) < 4.78 is 26.3. The Morgan fingerprint density at radius 1 is 1.35 bits per heavy atom. The fraction of sp³-hybridized carbons (Fsp3) is 0.455. The Labute approximate surface area is 106 Å². The van der Waals surface area contributed by atoms with Crippen LogP contribution in [0.4, 0.5) is 5.69 Å². The third-order valence-corrected chi connectivity index (χ3v) is 5.13. The molecule has 92 valence electrons. The zero-order chi connectivity index (χ0) is 12.0. The predicted molar refractivity (Wildman–Crippen MR) is 66.8 cm³/mol. The molecule has 2 aliphatic rings. The molecule has 0 aromatic heterocycles. The van der Waals surface area contributed by atoms with Gasteiger partial charge in [0.2, 0.25) is 10.0 Å². The van der Waals surface area contributed by atoms with Gasteiger partial charge in [-0.3, -0.25) is 0 Å². The maximum Gasteiger partial charge on any atom is 0.244 e. The molecular formula is C11H13ClN2O2S. The third-order valence-electron chi connectivity index (χ3n) is 3.46. The highest BCUT2D eigenvalue weighted by Crippen LogP contribution is 2.36. The second kappa shape index (κ2) is 3.86. The van der Waals surface area contributed by atoms with Gasteiger partial charge in [-0.05, 0) is 37.5 Å². The van der Waals surface area contributed by atoms with Crippen molar-refractivity contribution in [1.82, 2.24) is 4.72 Å². The minimum atomic E-state index is -3.36. The first-order valence-electron chi connectivity index (χ1n) is 5.64. The summed E-state index contributed by atoms with van der Waals surface area (Å²) in [5.41, 5.74) is 0.737. The number of hydrogen-bond donors (Lipinski definition) is 1. The molecule has 1 aliphatic carbocycles. The number of rotatable bonds is 1. The monoisotopic (exact) mass is 272 g/mol. The smallest absolute Gasteiger partial charge is 0.244 e. The van der Waals surface area contributed by atoms with E-state index in [4.69, 9.17) is 11.6 Å². The van der Waals surface area contributed by atoms with Gasteiger partial charge in [0.1, 0.15) is 4.90 Å². The Bertz CT molecular complexity index is 555. The van der Waals surface area contributed by atoms with Crippen molar-refractivity contribution in [2.45, 2.75) is 30.2 Å². The molecule has 17 heavy (non-hydrogen) atoms. The molecule has 1 aromatic carbocycles. The Morgan fingerprint density at radius 2 is 2.12 bits per heavy atom. The Hall–Kier alpha value is -0.780. The minimum absolute atomic E-state index is 0.333. The summed E-state index contributed by atoms with van der Waals surface area (Å²) in [4.78, 5) is 2.44. The van der Waals surface area contributed by atoms with Crippen LogP contribution in [0.25, 0.3) is 0 Å². The summed E-state index contributed by atoms with van der Waals surface area (Å²) in [5.74, 6) is 0. The molecule has 0 saturated heterocycles. The molecule has 3 rings (SSSR count). The van der Waals surface area contributed by atoms with Crippen molar-refractivity contribution in [1.29, 1.82) is 0 Å². The van der Waals surface area contributed by atoms with Crippen molar-refractivity contribution in [2.24, 2.45) is 0 Å². The highest BCUT2D eigenvalue weighted by molar-refractivity contribution is 7.89. The van der Waals surface area contributed by atoms with Crippen LogP contribution in [0.15, 0.2) is 23.1 Å². The molecule has 1 aromatic rings. The summed E-state index contributed by atoms with van der Waals surface area (Å²) in [5, 5.41) is 0.574. The number of benzene rings is 1. The van der Waals surface area contributed by atoms with Gasteiger partial charge in [0.15, 0.2) is 0 Å². The number of halogens is 1. The molecule has 6 heteroatoms. The van der Waals surface area contributed by atoms with Crippen LogP contribution >= 0.6 is 11.6 Å². The molecule has 0 spiro atoms. The number of nitrogens with one attached hydrogen (secondary N) is 1. The topological polar surface area (TPSA) is 49.4 Å². The lowest BCUT2D eigenvalue weighted by atomic mass is 9.91. The SMILES string of the molecule is O=S1(=O)NCN(C2CCC2)c2cc(Cl)ccc21. The standard InChI is InChI=1S/C11H13ClN2O2S/c12-8-4-5-11-10(6-8)14(9-2-1-3-9)7-13-17(11,15)16/h4-6,9,13H,1-3,7H2. The average Bonchev–Trinajstić information content (AvgIpc) is 2.19. The zero-order valence-corrected chi connectivity index (χ0v) is 10.8. The first-order valence-corrected chi connectivity index (χ1v) is 7.50. The van der Waals surface area contributed by atoms with E-state index in [1.807, 2.05) is 0 Å². The molecule has 1 aliphatic heterocycles. The van der Waals surface area contributed by atoms with Gasteiger partial charge in [0, 0.05) is 11.1 Å². The van der Waals surface area contributed by atoms with E-state index in [2.05, 4.69) is 9.62 Å². The van der Waals surface area contributed by atoms with E-state index in [1.165, 1.54) is 6.42 Å². The molecule has 0 atom stereocenters. The summed E-state index contributed by atoms with van der Waals surface area (Å²) in [6, 6.07) is 5.37. The van der Waals surface area contributed by atoms with E-state index in [1.54, 1.807) is 18.2 Å². The maximum absolute atomic E-state index is 11.9. The van der Waals surface area contributed by atoms with E-state index >= 15 is 0 Å². The molecule has 0 amide bonds. The molecular weight excluding hydrogens is 260 g/mol. The van der Waals surface area contributed by atoms with Gasteiger partial charge in [-0.1, -0.05) is 11.6 Å². The molecule has 0 radical (unpaired) electrons. The maximum atomic E-state index is 11.9. The highest BCUT2D eigenvalue weighted by Gasteiger charge is 2.34. The lowest BCUT2D eigenvalue weighted by molar-refractivity contribution is 0.380. The van der Waals surface area contributed by atoms with E-state index in [0.717, 1.165) is 18.5 Å². The van der Waals surface area contributed by atoms with Gasteiger partial charge in [0.05, 0.1) is 12.4 Å². The number of sulfonamides is 1. The predicted octanol–water partition coefficient (Wildman–Crippen LogP) is 1.95. The quantitative estimate of drug-likeness (QED) is 0.850. The minimum Gasteiger partial charge on any atom is -0.354 e. The van der Waals surface area contributed by atoms with E-state index < -0.39 is 10.0 Å². The summed E-state index contributed by atoms with van der Waals surface area (Å²) in [6.07, 6.45) is 3.45. The Kier molecular flexibility index (Phi) is 2.57. The van der Waals surface area contributed by atoms with Crippen LogP contribution < -0.4 is 9.62 Å². The summed E-state index contributed by atoms with van der Waals surface area (Å²) in [6.45, 7) is 0.348. The van der Waals surface area contributed by atoms with Crippen LogP contribution in [-0.4, -0.2) is 21.1 Å². The summed E-state index contributed by atoms with van der Waals surface area (Å²) in [7, 11) is -3.36. The van der Waals surface area contributed by atoms with Crippen LogP contribution in [0.2, 0.25) is 5.02 Å². The van der Waals surface area contributed by atoms with E-state index in [-0.39, 0.29) is 0 Å². The van der Waals surface area contributed by atoms with Crippen LogP contribution in [0.3, 0.4) is 0 Å². The van der Waals surface area contributed by atoms with E-state index in [0.29, 0.717) is 22.6 Å². The van der Waals surface area contributed by atoms with Gasteiger partial charge in [-0.25, -0.2) is 8.42 Å². The second-order valence-electron chi connectivity index (χ2n) is 4.47. The fourth-order valence-corrected chi connectivity index (χ4v) is 3.61. The zero-order valence-electron chi connectivity index (χ0n) is 9.19. The van der Waals surface area contributed by atoms with Gasteiger partial charge in [-0.2, -0.15) is 4.72 Å². The lowest BCUT2D eigenvalue weighted by Gasteiger charge is -2.42. The number of fused-ring (bicyclic) bond motifs is 1. The molecule has 0 unspecified atom stereocenters. The fourth-order valence-electron chi connectivity index (χ4n) is 2.28. The highest BCUT2D eigenvalue weighted by atomic mass is 35.5. The molecule has 1 fully saturated rings. The van der Waals surface area contributed by atoms with Crippen molar-refractivity contribution in [3.05, 3.63) is 23.2 Å². The second-order valence-corrected chi connectivity index (χ2v) is 6.64. The molecule has 1 heterocycles. The molecule has 1 N–H and O–H groups in total. The number of nitrogens with zero attached hydrogens (tertiary/aromatic N) is 1. The first kappa shape index (κ1) is 11.3. The van der Waals surface area contributed by atoms with Crippen molar-refractivity contribution in [3.63, 3.8) is 0 Å². The van der Waals surface area contributed by atoms with Crippen molar-refractivity contribution >= 4 is 27.3 Å². The summed E-state index contributed by atoms with van der Waals surface area (Å²) >= 11 is 5.96. The van der Waals surface area contributed by atoms with Crippen molar-refractivity contribution in [2.75, 3.05) is 11.6 Å². The number of anilines is 1. The van der Waals surface area contributed by atoms with Gasteiger partial charge < -0.3 is 4.90 Å². The van der Waals surface area contributed by atoms with Crippen LogP contribution in [0, 0.1) is 0 Å². The Morgan fingerprint density at radius 3 is 2.76 bits per heavy atom. The first-order chi connectivity index (χ1) is 8.08. The number of hydrogen-bond acceptors (Lipinski definition) is 3. The van der Waals surface area contributed by atoms with Crippen LogP contribution in [-0.2, 0) is 10.0 Å². The molecule has 4 nitrogen and oxygen atoms in total. The molecule has 1 saturated carbocycles. The lowest BCUT2D eigenvalue weighted by Crippen LogP contribution is -2.50. The average molecular weight is 273 g/mol. The normalized spacial score (nSPS) is 23.0. The van der Waals surface area contributed by atoms with E-state index in [9.17, 15) is 8.42 Å². The van der Waals surface area contributed by atoms with Crippen molar-refractivity contribution in [3.8, 4) is 0 Å². The van der Waals surface area contributed by atoms with Gasteiger partial charge in [-0.15, -0.1) is 0 Å².